The lowest BCUT2D eigenvalue weighted by atomic mass is 9.92. The maximum atomic E-state index is 13.9. The zero-order valence-corrected chi connectivity index (χ0v) is 33.0. The molecule has 2 saturated heterocycles. The summed E-state index contributed by atoms with van der Waals surface area (Å²) in [7, 11) is 3.43. The summed E-state index contributed by atoms with van der Waals surface area (Å²) < 4.78 is 76.4. The monoisotopic (exact) mass is 800 g/mol. The average molecular weight is 801 g/mol. The second-order valence-corrected chi connectivity index (χ2v) is 14.2. The molecular formula is C43H53F5N4O5. The van der Waals surface area contributed by atoms with E-state index in [0.29, 0.717) is 37.3 Å². The fourth-order valence-corrected chi connectivity index (χ4v) is 7.58. The number of fused-ring (bicyclic) bond motifs is 1. The first-order chi connectivity index (χ1) is 27.2. The van der Waals surface area contributed by atoms with Crippen LogP contribution in [0, 0.1) is 12.7 Å². The Labute approximate surface area is 331 Å². The fraction of sp³-hybridized carbons (Fsp3) is 0.442. The molecular weight excluding hydrogens is 747 g/mol. The maximum absolute atomic E-state index is 13.9. The summed E-state index contributed by atoms with van der Waals surface area (Å²) in [4.78, 5) is 24.9. The van der Waals surface area contributed by atoms with Gasteiger partial charge in [0, 0.05) is 45.0 Å². The molecule has 9 nitrogen and oxygen atoms in total. The molecule has 2 fully saturated rings. The quantitative estimate of drug-likeness (QED) is 0.116. The number of aryl methyl sites for hydroxylation is 2. The number of primary amides is 1. The van der Waals surface area contributed by atoms with Crippen LogP contribution in [0.4, 0.5) is 27.6 Å². The molecule has 2 aliphatic rings. The van der Waals surface area contributed by atoms with Crippen molar-refractivity contribution in [2.75, 3.05) is 71.5 Å². The maximum Gasteiger partial charge on any atom is 0.401 e. The molecule has 2 heterocycles. The van der Waals surface area contributed by atoms with Crippen molar-refractivity contribution in [3.63, 3.8) is 0 Å². The van der Waals surface area contributed by atoms with Crippen LogP contribution in [0.3, 0.4) is 0 Å². The number of hydrogen-bond acceptors (Lipinski definition) is 7. The van der Waals surface area contributed by atoms with Gasteiger partial charge in [-0.1, -0.05) is 49.7 Å². The number of alkyl halides is 4. The molecule has 6 rings (SSSR count). The van der Waals surface area contributed by atoms with Crippen LogP contribution >= 0.6 is 0 Å². The minimum atomic E-state index is -4.21. The van der Waals surface area contributed by atoms with Crippen molar-refractivity contribution in [1.82, 2.24) is 9.80 Å². The lowest BCUT2D eigenvalue weighted by Gasteiger charge is -2.36. The van der Waals surface area contributed by atoms with E-state index in [9.17, 15) is 26.7 Å². The van der Waals surface area contributed by atoms with E-state index in [1.54, 1.807) is 32.1 Å². The number of hydrogen-bond donors (Lipinski definition) is 2. The number of piperazine rings is 1. The summed E-state index contributed by atoms with van der Waals surface area (Å²) in [6, 6.07) is 20.1. The number of anilines is 1. The molecule has 0 radical (unpaired) electrons. The standard InChI is InChI=1S/C28H34FNO2.C14H17F4N3O.CH2O2/c1-4-8-21-9-5-12-24-23(21)11-6-13-25(24)28-26(31-2)17-20(18-27(28)32-3)14-16-30-15-7-10-22(29)19-30;1-9-6-10(7-11(15)12(9)13(19)22)21-4-2-20(3-5-21)8-14(16,17)18;2-1-3/h5-6,9,11-13,17-18,22H,4,7-8,10,14-16,19H2,1-3H3;6-7H,2-5,8H2,1H3,(H2,19,22);1H,(H,2,3). The van der Waals surface area contributed by atoms with E-state index in [4.69, 9.17) is 25.1 Å². The van der Waals surface area contributed by atoms with Gasteiger partial charge in [-0.15, -0.1) is 0 Å². The first-order valence-corrected chi connectivity index (χ1v) is 19.1. The minimum Gasteiger partial charge on any atom is -0.496 e. The van der Waals surface area contributed by atoms with E-state index in [-0.39, 0.29) is 25.1 Å². The third-order valence-electron chi connectivity index (χ3n) is 10.2. The Morgan fingerprint density at radius 3 is 2.12 bits per heavy atom. The molecule has 14 heteroatoms. The van der Waals surface area contributed by atoms with Gasteiger partial charge in [0.25, 0.3) is 12.4 Å². The van der Waals surface area contributed by atoms with Gasteiger partial charge < -0.3 is 30.1 Å². The van der Waals surface area contributed by atoms with Crippen molar-refractivity contribution >= 4 is 28.8 Å². The Balaban J connectivity index is 0.000000251. The number of likely N-dealkylation sites (tertiary alicyclic amines) is 1. The second-order valence-electron chi connectivity index (χ2n) is 14.2. The van der Waals surface area contributed by atoms with Crippen LogP contribution in [0.15, 0.2) is 60.7 Å². The van der Waals surface area contributed by atoms with E-state index in [1.165, 1.54) is 27.3 Å². The molecule has 1 atom stereocenters. The van der Waals surface area contributed by atoms with Gasteiger partial charge in [-0.05, 0) is 96.4 Å². The van der Waals surface area contributed by atoms with Crippen molar-refractivity contribution in [3.8, 4) is 22.6 Å². The molecule has 0 aliphatic carbocycles. The Morgan fingerprint density at radius 2 is 1.56 bits per heavy atom. The Hall–Kier alpha value is -4.95. The molecule has 310 valence electrons. The van der Waals surface area contributed by atoms with Crippen molar-refractivity contribution in [1.29, 1.82) is 0 Å². The Morgan fingerprint density at radius 1 is 0.930 bits per heavy atom. The molecule has 4 aromatic rings. The molecule has 0 aromatic heterocycles. The number of ether oxygens (including phenoxy) is 2. The number of carbonyl (C=O) groups excluding carboxylic acids is 1. The zero-order valence-electron chi connectivity index (χ0n) is 33.0. The van der Waals surface area contributed by atoms with Crippen LogP contribution in [0.2, 0.25) is 0 Å². The largest absolute Gasteiger partial charge is 0.496 e. The molecule has 4 aromatic carbocycles. The van der Waals surface area contributed by atoms with Crippen LogP contribution in [-0.4, -0.2) is 106 Å². The molecule has 1 amide bonds. The van der Waals surface area contributed by atoms with Gasteiger partial charge in [-0.3, -0.25) is 14.5 Å². The molecule has 57 heavy (non-hydrogen) atoms. The zero-order chi connectivity index (χ0) is 41.7. The van der Waals surface area contributed by atoms with Gasteiger partial charge in [0.15, 0.2) is 0 Å². The average Bonchev–Trinajstić information content (AvgIpc) is 3.16. The van der Waals surface area contributed by atoms with Crippen LogP contribution < -0.4 is 20.1 Å². The van der Waals surface area contributed by atoms with E-state index in [2.05, 4.69) is 60.4 Å². The van der Waals surface area contributed by atoms with Crippen molar-refractivity contribution in [3.05, 3.63) is 88.7 Å². The summed E-state index contributed by atoms with van der Waals surface area (Å²) in [5.41, 5.74) is 10.6. The highest BCUT2D eigenvalue weighted by molar-refractivity contribution is 6.01. The summed E-state index contributed by atoms with van der Waals surface area (Å²) >= 11 is 0. The van der Waals surface area contributed by atoms with Crippen LogP contribution in [0.25, 0.3) is 21.9 Å². The predicted molar refractivity (Wildman–Crippen MR) is 214 cm³/mol. The number of benzene rings is 4. The first kappa shape index (κ1) is 44.8. The number of methoxy groups -OCH3 is 2. The van der Waals surface area contributed by atoms with E-state index < -0.39 is 30.6 Å². The topological polar surface area (TPSA) is 109 Å². The number of carboxylic acid groups (broad SMARTS) is 1. The number of piperidine rings is 1. The number of halogens is 5. The molecule has 0 spiro atoms. The molecule has 3 N–H and O–H groups in total. The number of carbonyl (C=O) groups is 2. The third kappa shape index (κ3) is 12.3. The number of nitrogens with zero attached hydrogens (tertiary/aromatic N) is 3. The SMILES string of the molecule is CCCc1cccc2c(-c3c(OC)cc(CCN4CCCC(F)C4)cc3OC)cccc12.Cc1cc(N2CCN(CC(F)(F)F)CC2)cc(F)c1C(N)=O.O=CO. The lowest BCUT2D eigenvalue weighted by molar-refractivity contribution is -0.146. The van der Waals surface area contributed by atoms with Gasteiger partial charge in [0.2, 0.25) is 0 Å². The highest BCUT2D eigenvalue weighted by Crippen LogP contribution is 2.43. The van der Waals surface area contributed by atoms with Gasteiger partial charge in [-0.2, -0.15) is 13.2 Å². The van der Waals surface area contributed by atoms with Crippen molar-refractivity contribution < 1.29 is 46.1 Å². The van der Waals surface area contributed by atoms with Gasteiger partial charge in [0.05, 0.1) is 31.9 Å². The molecule has 0 bridgehead atoms. The number of amides is 1. The lowest BCUT2D eigenvalue weighted by Crippen LogP contribution is -2.49. The second kappa shape index (κ2) is 21.0. The highest BCUT2D eigenvalue weighted by Gasteiger charge is 2.32. The third-order valence-corrected chi connectivity index (χ3v) is 10.2. The summed E-state index contributed by atoms with van der Waals surface area (Å²) in [6.45, 7) is 6.20. The van der Waals surface area contributed by atoms with Crippen LogP contribution in [0.5, 0.6) is 11.5 Å². The smallest absolute Gasteiger partial charge is 0.401 e. The van der Waals surface area contributed by atoms with E-state index in [1.807, 2.05) is 0 Å². The van der Waals surface area contributed by atoms with Crippen molar-refractivity contribution in [2.24, 2.45) is 5.73 Å². The molecule has 1 unspecified atom stereocenters. The van der Waals surface area contributed by atoms with Gasteiger partial charge in [-0.25, -0.2) is 8.78 Å². The van der Waals surface area contributed by atoms with Gasteiger partial charge in [0.1, 0.15) is 23.5 Å². The number of nitrogens with two attached hydrogens (primary N) is 1. The van der Waals surface area contributed by atoms with Crippen LogP contribution in [0.1, 0.15) is 53.2 Å². The van der Waals surface area contributed by atoms with E-state index in [0.717, 1.165) is 67.0 Å². The van der Waals surface area contributed by atoms with E-state index >= 15 is 0 Å². The Kier molecular flexibility index (Phi) is 16.5. The summed E-state index contributed by atoms with van der Waals surface area (Å²) in [5, 5.41) is 9.39. The van der Waals surface area contributed by atoms with Gasteiger partial charge >= 0.3 is 6.18 Å². The predicted octanol–water partition coefficient (Wildman–Crippen LogP) is 8.07. The molecule has 0 saturated carbocycles. The van der Waals surface area contributed by atoms with Crippen molar-refractivity contribution in [2.45, 2.75) is 58.3 Å². The highest BCUT2D eigenvalue weighted by atomic mass is 19.4. The number of rotatable bonds is 11. The summed E-state index contributed by atoms with van der Waals surface area (Å²) in [6.07, 6.45) is -0.260. The summed E-state index contributed by atoms with van der Waals surface area (Å²) in [5.74, 6) is 0.0845. The first-order valence-electron chi connectivity index (χ1n) is 19.1. The minimum absolute atomic E-state index is 0.153. The normalized spacial score (nSPS) is 16.2. The fourth-order valence-electron chi connectivity index (χ4n) is 7.58. The van der Waals surface area contributed by atoms with Crippen LogP contribution in [-0.2, 0) is 17.6 Å². The Bertz CT molecular complexity index is 1900. The molecule has 2 aliphatic heterocycles.